The van der Waals surface area contributed by atoms with E-state index in [1.807, 2.05) is 30.3 Å². The Morgan fingerprint density at radius 2 is 2.08 bits per heavy atom. The zero-order chi connectivity index (χ0) is 18.4. The number of rotatable bonds is 6. The number of nitrogens with zero attached hydrogens (tertiary/aromatic N) is 3. The molecule has 1 fully saturated rings. The number of nitrogens with one attached hydrogen (secondary N) is 1. The van der Waals surface area contributed by atoms with Crippen LogP contribution in [0, 0.1) is 0 Å². The fourth-order valence-electron chi connectivity index (χ4n) is 3.42. The SMILES string of the molecule is CCC1CCCCN1c1cc(C(=O)NCCc2ccc(Cl)cc2)ncn1. The summed E-state index contributed by atoms with van der Waals surface area (Å²) < 4.78 is 0. The number of carbonyl (C=O) groups is 1. The Hall–Kier alpha value is -2.14. The summed E-state index contributed by atoms with van der Waals surface area (Å²) in [5.41, 5.74) is 1.56. The largest absolute Gasteiger partial charge is 0.354 e. The molecule has 0 bridgehead atoms. The molecule has 3 rings (SSSR count). The molecule has 26 heavy (non-hydrogen) atoms. The Balaban J connectivity index is 1.60. The molecule has 0 radical (unpaired) electrons. The summed E-state index contributed by atoms with van der Waals surface area (Å²) >= 11 is 5.89. The summed E-state index contributed by atoms with van der Waals surface area (Å²) in [6.45, 7) is 3.75. The third-order valence-corrected chi connectivity index (χ3v) is 5.14. The van der Waals surface area contributed by atoms with Crippen LogP contribution in [0.2, 0.25) is 5.02 Å². The van der Waals surface area contributed by atoms with Gasteiger partial charge in [-0.15, -0.1) is 0 Å². The van der Waals surface area contributed by atoms with E-state index < -0.39 is 0 Å². The van der Waals surface area contributed by atoms with Crippen LogP contribution in [0.1, 0.15) is 48.7 Å². The number of anilines is 1. The van der Waals surface area contributed by atoms with Crippen LogP contribution in [0.25, 0.3) is 0 Å². The maximum absolute atomic E-state index is 12.4. The molecule has 1 aromatic heterocycles. The van der Waals surface area contributed by atoms with Gasteiger partial charge < -0.3 is 10.2 Å². The summed E-state index contributed by atoms with van der Waals surface area (Å²) in [7, 11) is 0. The normalized spacial score (nSPS) is 17.2. The van der Waals surface area contributed by atoms with E-state index in [0.717, 1.165) is 35.8 Å². The van der Waals surface area contributed by atoms with Crippen molar-refractivity contribution >= 4 is 23.3 Å². The molecule has 1 aliphatic rings. The fourth-order valence-corrected chi connectivity index (χ4v) is 3.54. The highest BCUT2D eigenvalue weighted by molar-refractivity contribution is 6.30. The molecule has 1 N–H and O–H groups in total. The molecule has 138 valence electrons. The predicted octanol–water partition coefficient (Wildman–Crippen LogP) is 3.87. The van der Waals surface area contributed by atoms with Crippen molar-refractivity contribution in [2.24, 2.45) is 0 Å². The molecule has 1 saturated heterocycles. The fraction of sp³-hybridized carbons (Fsp3) is 0.450. The highest BCUT2D eigenvalue weighted by Crippen LogP contribution is 2.24. The second kappa shape index (κ2) is 8.99. The third kappa shape index (κ3) is 4.73. The van der Waals surface area contributed by atoms with E-state index in [1.54, 1.807) is 0 Å². The number of piperidine rings is 1. The van der Waals surface area contributed by atoms with E-state index >= 15 is 0 Å². The van der Waals surface area contributed by atoms with Gasteiger partial charge in [-0.2, -0.15) is 0 Å². The van der Waals surface area contributed by atoms with Crippen LogP contribution in [0.3, 0.4) is 0 Å². The zero-order valence-electron chi connectivity index (χ0n) is 15.1. The second-order valence-corrected chi connectivity index (χ2v) is 7.08. The molecular formula is C20H25ClN4O. The predicted molar refractivity (Wildman–Crippen MR) is 105 cm³/mol. The van der Waals surface area contributed by atoms with Gasteiger partial charge in [0.25, 0.3) is 5.91 Å². The number of hydrogen-bond donors (Lipinski definition) is 1. The van der Waals surface area contributed by atoms with E-state index in [0.29, 0.717) is 18.3 Å². The minimum absolute atomic E-state index is 0.160. The highest BCUT2D eigenvalue weighted by Gasteiger charge is 2.23. The molecule has 1 unspecified atom stereocenters. The lowest BCUT2D eigenvalue weighted by Crippen LogP contribution is -2.40. The van der Waals surface area contributed by atoms with Crippen molar-refractivity contribution in [2.75, 3.05) is 18.0 Å². The lowest BCUT2D eigenvalue weighted by molar-refractivity contribution is 0.0949. The van der Waals surface area contributed by atoms with Crippen molar-refractivity contribution in [3.63, 3.8) is 0 Å². The first-order valence-corrected chi connectivity index (χ1v) is 9.66. The van der Waals surface area contributed by atoms with Gasteiger partial charge in [-0.3, -0.25) is 4.79 Å². The van der Waals surface area contributed by atoms with Crippen molar-refractivity contribution in [1.82, 2.24) is 15.3 Å². The van der Waals surface area contributed by atoms with E-state index in [9.17, 15) is 4.79 Å². The molecule has 2 aromatic rings. The first-order chi connectivity index (χ1) is 12.7. The van der Waals surface area contributed by atoms with E-state index in [4.69, 9.17) is 11.6 Å². The molecule has 1 aromatic carbocycles. The summed E-state index contributed by atoms with van der Waals surface area (Å²) in [6, 6.07) is 9.97. The molecule has 5 nitrogen and oxygen atoms in total. The summed E-state index contributed by atoms with van der Waals surface area (Å²) in [5.74, 6) is 0.696. The van der Waals surface area contributed by atoms with Crippen molar-refractivity contribution in [3.05, 3.63) is 52.9 Å². The monoisotopic (exact) mass is 372 g/mol. The van der Waals surface area contributed by atoms with E-state index in [1.165, 1.54) is 25.6 Å². The Morgan fingerprint density at radius 3 is 2.85 bits per heavy atom. The minimum atomic E-state index is -0.160. The quantitative estimate of drug-likeness (QED) is 0.836. The van der Waals surface area contributed by atoms with Gasteiger partial charge >= 0.3 is 0 Å². The minimum Gasteiger partial charge on any atom is -0.354 e. The van der Waals surface area contributed by atoms with Crippen LogP contribution in [0.5, 0.6) is 0 Å². The maximum Gasteiger partial charge on any atom is 0.270 e. The standard InChI is InChI=1S/C20H25ClN4O/c1-2-17-5-3-4-12-25(17)19-13-18(23-14-24-19)20(26)22-11-10-15-6-8-16(21)9-7-15/h6-9,13-14,17H,2-5,10-12H2,1H3,(H,22,26). The van der Waals surface area contributed by atoms with Crippen molar-refractivity contribution in [2.45, 2.75) is 45.1 Å². The number of amides is 1. The maximum atomic E-state index is 12.4. The average Bonchev–Trinajstić information content (AvgIpc) is 2.69. The molecule has 1 atom stereocenters. The molecular weight excluding hydrogens is 348 g/mol. The number of benzene rings is 1. The van der Waals surface area contributed by atoms with Crippen LogP contribution in [-0.2, 0) is 6.42 Å². The number of carbonyl (C=O) groups excluding carboxylic acids is 1. The first kappa shape index (κ1) is 18.6. The van der Waals surface area contributed by atoms with Crippen LogP contribution in [0.15, 0.2) is 36.7 Å². The Labute approximate surface area is 159 Å². The highest BCUT2D eigenvalue weighted by atomic mass is 35.5. The lowest BCUT2D eigenvalue weighted by atomic mass is 10.00. The summed E-state index contributed by atoms with van der Waals surface area (Å²) in [4.78, 5) is 23.3. The van der Waals surface area contributed by atoms with Crippen LogP contribution >= 0.6 is 11.6 Å². The van der Waals surface area contributed by atoms with Crippen molar-refractivity contribution in [1.29, 1.82) is 0 Å². The molecule has 2 heterocycles. The van der Waals surface area contributed by atoms with Gasteiger partial charge in [0.05, 0.1) is 0 Å². The van der Waals surface area contributed by atoms with Crippen LogP contribution < -0.4 is 10.2 Å². The van der Waals surface area contributed by atoms with Crippen LogP contribution in [-0.4, -0.2) is 35.0 Å². The van der Waals surface area contributed by atoms with Gasteiger partial charge in [-0.05, 0) is 49.8 Å². The van der Waals surface area contributed by atoms with Gasteiger partial charge in [-0.1, -0.05) is 30.7 Å². The van der Waals surface area contributed by atoms with Gasteiger partial charge in [0.15, 0.2) is 0 Å². The summed E-state index contributed by atoms with van der Waals surface area (Å²) in [6.07, 6.45) is 6.95. The van der Waals surface area contributed by atoms with Gasteiger partial charge in [-0.25, -0.2) is 9.97 Å². The molecule has 0 saturated carbocycles. The third-order valence-electron chi connectivity index (χ3n) is 4.89. The smallest absolute Gasteiger partial charge is 0.270 e. The lowest BCUT2D eigenvalue weighted by Gasteiger charge is -2.36. The van der Waals surface area contributed by atoms with Gasteiger partial charge in [0.1, 0.15) is 17.8 Å². The number of halogens is 1. The summed E-state index contributed by atoms with van der Waals surface area (Å²) in [5, 5.41) is 3.65. The second-order valence-electron chi connectivity index (χ2n) is 6.65. The average molecular weight is 373 g/mol. The van der Waals surface area contributed by atoms with Gasteiger partial charge in [0.2, 0.25) is 0 Å². The van der Waals surface area contributed by atoms with Crippen LogP contribution in [0.4, 0.5) is 5.82 Å². The molecule has 0 spiro atoms. The molecule has 1 aliphatic heterocycles. The van der Waals surface area contributed by atoms with E-state index in [-0.39, 0.29) is 5.91 Å². The number of aromatic nitrogens is 2. The first-order valence-electron chi connectivity index (χ1n) is 9.28. The molecule has 0 aliphatic carbocycles. The zero-order valence-corrected chi connectivity index (χ0v) is 15.9. The van der Waals surface area contributed by atoms with Crippen molar-refractivity contribution in [3.8, 4) is 0 Å². The Morgan fingerprint density at radius 1 is 1.27 bits per heavy atom. The molecule has 6 heteroatoms. The molecule has 1 amide bonds. The Kier molecular flexibility index (Phi) is 6.45. The van der Waals surface area contributed by atoms with E-state index in [2.05, 4.69) is 27.1 Å². The van der Waals surface area contributed by atoms with Gasteiger partial charge in [0, 0.05) is 30.2 Å². The Bertz CT molecular complexity index is 735. The van der Waals surface area contributed by atoms with Crippen molar-refractivity contribution < 1.29 is 4.79 Å². The topological polar surface area (TPSA) is 58.1 Å². The number of hydrogen-bond acceptors (Lipinski definition) is 4.